The molecule has 1 atom stereocenters. The van der Waals surface area contributed by atoms with Gasteiger partial charge in [-0.25, -0.2) is 0 Å². The second kappa shape index (κ2) is 4.40. The zero-order valence-corrected chi connectivity index (χ0v) is 7.47. The van der Waals surface area contributed by atoms with Crippen LogP contribution in [0.3, 0.4) is 0 Å². The van der Waals surface area contributed by atoms with Crippen LogP contribution in [0.4, 0.5) is 0 Å². The lowest BCUT2D eigenvalue weighted by atomic mass is 9.99. The number of rotatable bonds is 3. The van der Waals surface area contributed by atoms with E-state index in [0.717, 1.165) is 0 Å². The summed E-state index contributed by atoms with van der Waals surface area (Å²) >= 11 is 0. The molecule has 0 amide bonds. The van der Waals surface area contributed by atoms with Gasteiger partial charge in [0.25, 0.3) is 0 Å². The highest BCUT2D eigenvalue weighted by Crippen LogP contribution is 2.16. The van der Waals surface area contributed by atoms with Crippen molar-refractivity contribution in [3.8, 4) is 6.07 Å². The van der Waals surface area contributed by atoms with E-state index in [4.69, 9.17) is 16.1 Å². The Morgan fingerprint density at radius 2 is 2.21 bits per heavy atom. The third kappa shape index (κ3) is 2.09. The molecule has 0 aliphatic heterocycles. The average molecular weight is 190 g/mol. The molecule has 1 rings (SSSR count). The maximum Gasteiger partial charge on any atom is 0.325 e. The Morgan fingerprint density at radius 3 is 2.79 bits per heavy atom. The van der Waals surface area contributed by atoms with Crippen LogP contribution in [0.25, 0.3) is 0 Å². The average Bonchev–Trinajstić information content (AvgIpc) is 2.18. The number of carbonyl (C=O) groups is 1. The fourth-order valence-corrected chi connectivity index (χ4v) is 1.22. The summed E-state index contributed by atoms with van der Waals surface area (Å²) in [6.07, 6.45) is 0.178. The lowest BCUT2D eigenvalue weighted by Gasteiger charge is -2.10. The Labute approximate surface area is 81.6 Å². The fraction of sp³-hybridized carbons (Fsp3) is 0.200. The first kappa shape index (κ1) is 10.2. The zero-order chi connectivity index (χ0) is 10.6. The number of nitriles is 1. The monoisotopic (exact) mass is 190 g/mol. The van der Waals surface area contributed by atoms with E-state index in [0.29, 0.717) is 11.1 Å². The predicted molar refractivity (Wildman–Crippen MR) is 50.3 cm³/mol. The number of nitrogens with zero attached hydrogens (tertiary/aromatic N) is 1. The lowest BCUT2D eigenvalue weighted by Crippen LogP contribution is -2.21. The summed E-state index contributed by atoms with van der Waals surface area (Å²) in [5, 5.41) is 17.2. The van der Waals surface area contributed by atoms with E-state index in [1.807, 2.05) is 6.07 Å². The summed E-state index contributed by atoms with van der Waals surface area (Å²) in [5.74, 6) is -1.09. The molecule has 0 spiro atoms. The van der Waals surface area contributed by atoms with Gasteiger partial charge >= 0.3 is 5.97 Å². The summed E-state index contributed by atoms with van der Waals surface area (Å²) in [5.41, 5.74) is 6.63. The second-order valence-electron chi connectivity index (χ2n) is 2.85. The van der Waals surface area contributed by atoms with Crippen LogP contribution in [0, 0.1) is 11.3 Å². The van der Waals surface area contributed by atoms with Crippen molar-refractivity contribution in [1.82, 2.24) is 0 Å². The van der Waals surface area contributed by atoms with E-state index >= 15 is 0 Å². The molecule has 3 N–H and O–H groups in total. The molecule has 72 valence electrons. The Hall–Kier alpha value is -1.86. The number of benzene rings is 1. The first-order valence-corrected chi connectivity index (χ1v) is 4.10. The van der Waals surface area contributed by atoms with Gasteiger partial charge in [-0.05, 0) is 11.1 Å². The van der Waals surface area contributed by atoms with Gasteiger partial charge in [-0.1, -0.05) is 24.3 Å². The number of hydrogen-bond acceptors (Lipinski definition) is 3. The third-order valence-electron chi connectivity index (χ3n) is 1.93. The fourth-order valence-electron chi connectivity index (χ4n) is 1.22. The minimum atomic E-state index is -1.09. The first-order valence-electron chi connectivity index (χ1n) is 4.10. The molecule has 0 fully saturated rings. The molecule has 14 heavy (non-hydrogen) atoms. The van der Waals surface area contributed by atoms with Crippen LogP contribution in [0.2, 0.25) is 0 Å². The van der Waals surface area contributed by atoms with Gasteiger partial charge in [0.05, 0.1) is 12.5 Å². The summed E-state index contributed by atoms with van der Waals surface area (Å²) in [4.78, 5) is 10.6. The molecule has 4 nitrogen and oxygen atoms in total. The van der Waals surface area contributed by atoms with Gasteiger partial charge in [0.2, 0.25) is 0 Å². The molecule has 0 aliphatic rings. The van der Waals surface area contributed by atoms with Crippen LogP contribution in [-0.2, 0) is 11.2 Å². The van der Waals surface area contributed by atoms with Crippen molar-refractivity contribution in [2.75, 3.05) is 0 Å². The van der Waals surface area contributed by atoms with Crippen LogP contribution in [0.1, 0.15) is 17.2 Å². The van der Waals surface area contributed by atoms with E-state index in [9.17, 15) is 4.79 Å². The van der Waals surface area contributed by atoms with Gasteiger partial charge in [0, 0.05) is 0 Å². The van der Waals surface area contributed by atoms with Crippen molar-refractivity contribution in [3.63, 3.8) is 0 Å². The molecule has 1 aromatic carbocycles. The van der Waals surface area contributed by atoms with Crippen LogP contribution in [0.15, 0.2) is 24.3 Å². The Kier molecular flexibility index (Phi) is 3.21. The minimum absolute atomic E-state index is 0.178. The molecule has 1 aromatic rings. The number of carboxylic acids is 1. The molecule has 0 saturated heterocycles. The largest absolute Gasteiger partial charge is 0.480 e. The van der Waals surface area contributed by atoms with E-state index in [1.54, 1.807) is 24.3 Å². The molecule has 4 heteroatoms. The maximum absolute atomic E-state index is 10.6. The van der Waals surface area contributed by atoms with Gasteiger partial charge in [0.1, 0.15) is 6.04 Å². The zero-order valence-electron chi connectivity index (χ0n) is 7.47. The topological polar surface area (TPSA) is 87.1 Å². The van der Waals surface area contributed by atoms with Crippen LogP contribution in [0.5, 0.6) is 0 Å². The minimum Gasteiger partial charge on any atom is -0.480 e. The van der Waals surface area contributed by atoms with Gasteiger partial charge in [0.15, 0.2) is 0 Å². The molecule has 0 heterocycles. The van der Waals surface area contributed by atoms with Crippen molar-refractivity contribution in [1.29, 1.82) is 5.26 Å². The number of nitrogens with two attached hydrogens (primary N) is 1. The van der Waals surface area contributed by atoms with E-state index < -0.39 is 12.0 Å². The van der Waals surface area contributed by atoms with E-state index in [2.05, 4.69) is 0 Å². The molecule has 0 saturated carbocycles. The van der Waals surface area contributed by atoms with Crippen LogP contribution >= 0.6 is 0 Å². The van der Waals surface area contributed by atoms with Crippen molar-refractivity contribution >= 4 is 5.97 Å². The van der Waals surface area contributed by atoms with Crippen molar-refractivity contribution in [2.24, 2.45) is 5.73 Å². The smallest absolute Gasteiger partial charge is 0.325 e. The normalized spacial score (nSPS) is 11.7. The second-order valence-corrected chi connectivity index (χ2v) is 2.85. The highest BCUT2D eigenvalue weighted by atomic mass is 16.4. The Bertz CT molecular complexity index is 382. The lowest BCUT2D eigenvalue weighted by molar-refractivity contribution is -0.138. The van der Waals surface area contributed by atoms with Gasteiger partial charge in [-0.3, -0.25) is 4.79 Å². The SMILES string of the molecule is N#CCc1ccccc1C(N)C(=O)O. The van der Waals surface area contributed by atoms with Gasteiger partial charge in [-0.15, -0.1) is 0 Å². The summed E-state index contributed by atoms with van der Waals surface area (Å²) in [6, 6.07) is 7.72. The summed E-state index contributed by atoms with van der Waals surface area (Å²) in [6.45, 7) is 0. The van der Waals surface area contributed by atoms with E-state index in [-0.39, 0.29) is 6.42 Å². The first-order chi connectivity index (χ1) is 6.66. The quantitative estimate of drug-likeness (QED) is 0.739. The van der Waals surface area contributed by atoms with Crippen LogP contribution in [-0.4, -0.2) is 11.1 Å². The number of aliphatic carboxylic acids is 1. The van der Waals surface area contributed by atoms with Crippen molar-refractivity contribution in [3.05, 3.63) is 35.4 Å². The summed E-state index contributed by atoms with van der Waals surface area (Å²) < 4.78 is 0. The Balaban J connectivity index is 3.07. The Morgan fingerprint density at radius 1 is 1.57 bits per heavy atom. The molecular formula is C10H10N2O2. The standard InChI is InChI=1S/C10H10N2O2/c11-6-5-7-3-1-2-4-8(7)9(12)10(13)14/h1-4,9H,5,12H2,(H,13,14). The summed E-state index contributed by atoms with van der Waals surface area (Å²) in [7, 11) is 0. The number of hydrogen-bond donors (Lipinski definition) is 2. The number of carboxylic acid groups (broad SMARTS) is 1. The molecule has 0 bridgehead atoms. The van der Waals surface area contributed by atoms with Crippen molar-refractivity contribution in [2.45, 2.75) is 12.5 Å². The van der Waals surface area contributed by atoms with Gasteiger partial charge in [-0.2, -0.15) is 5.26 Å². The predicted octanol–water partition coefficient (Wildman–Crippen LogP) is 0.837. The molecule has 0 aliphatic carbocycles. The van der Waals surface area contributed by atoms with E-state index in [1.165, 1.54) is 0 Å². The molecular weight excluding hydrogens is 180 g/mol. The van der Waals surface area contributed by atoms with Crippen LogP contribution < -0.4 is 5.73 Å². The molecule has 0 aromatic heterocycles. The highest BCUT2D eigenvalue weighted by Gasteiger charge is 2.16. The molecule has 1 unspecified atom stereocenters. The highest BCUT2D eigenvalue weighted by molar-refractivity contribution is 5.75. The van der Waals surface area contributed by atoms with Crippen molar-refractivity contribution < 1.29 is 9.90 Å². The maximum atomic E-state index is 10.6. The van der Waals surface area contributed by atoms with Gasteiger partial charge < -0.3 is 10.8 Å². The third-order valence-corrected chi connectivity index (χ3v) is 1.93. The molecule has 0 radical (unpaired) electrons.